The van der Waals surface area contributed by atoms with Crippen molar-refractivity contribution in [3.05, 3.63) is 48.0 Å². The van der Waals surface area contributed by atoms with Crippen LogP contribution in [0.1, 0.15) is 0 Å². The topological polar surface area (TPSA) is 35.2 Å². The normalized spacial score (nSPS) is 10.4. The van der Waals surface area contributed by atoms with Crippen LogP contribution in [-0.2, 0) is 0 Å². The molecular weight excluding hydrogens is 256 g/mol. The molecule has 0 spiro atoms. The van der Waals surface area contributed by atoms with Crippen LogP contribution in [0.5, 0.6) is 5.75 Å². The van der Waals surface area contributed by atoms with E-state index in [1.54, 1.807) is 24.3 Å². The molecule has 0 saturated carbocycles. The molecule has 0 heterocycles. The van der Waals surface area contributed by atoms with Crippen LogP contribution in [0.2, 0.25) is 0 Å². The zero-order valence-corrected chi connectivity index (χ0v) is 10.4. The van der Waals surface area contributed by atoms with Gasteiger partial charge < -0.3 is 10.5 Å². The van der Waals surface area contributed by atoms with Gasteiger partial charge in [0.05, 0.1) is 12.0 Å². The lowest BCUT2D eigenvalue weighted by Gasteiger charge is -2.07. The molecule has 0 saturated heterocycles. The third-order valence-electron chi connectivity index (χ3n) is 2.28. The summed E-state index contributed by atoms with van der Waals surface area (Å²) in [5.74, 6) is -0.697. The highest BCUT2D eigenvalue weighted by Crippen LogP contribution is 2.34. The second kappa shape index (κ2) is 5.27. The van der Waals surface area contributed by atoms with Crippen LogP contribution in [0.15, 0.2) is 46.2 Å². The van der Waals surface area contributed by atoms with E-state index in [0.29, 0.717) is 10.6 Å². The molecule has 18 heavy (non-hydrogen) atoms. The quantitative estimate of drug-likeness (QED) is 0.861. The number of rotatable bonds is 3. The second-order valence-electron chi connectivity index (χ2n) is 3.59. The SMILES string of the molecule is COc1cccc(Sc2c(F)cc(N)cc2F)c1. The largest absolute Gasteiger partial charge is 0.497 e. The molecule has 0 amide bonds. The van der Waals surface area contributed by atoms with Gasteiger partial charge in [-0.25, -0.2) is 8.78 Å². The summed E-state index contributed by atoms with van der Waals surface area (Å²) in [6.07, 6.45) is 0. The Bertz CT molecular complexity index is 552. The summed E-state index contributed by atoms with van der Waals surface area (Å²) in [5, 5.41) is 0. The molecule has 0 bridgehead atoms. The van der Waals surface area contributed by atoms with Gasteiger partial charge in [-0.1, -0.05) is 17.8 Å². The fourth-order valence-electron chi connectivity index (χ4n) is 1.46. The van der Waals surface area contributed by atoms with Crippen molar-refractivity contribution in [2.75, 3.05) is 12.8 Å². The highest BCUT2D eigenvalue weighted by molar-refractivity contribution is 7.99. The van der Waals surface area contributed by atoms with E-state index < -0.39 is 11.6 Å². The van der Waals surface area contributed by atoms with E-state index >= 15 is 0 Å². The van der Waals surface area contributed by atoms with Crippen LogP contribution in [0.3, 0.4) is 0 Å². The molecule has 2 N–H and O–H groups in total. The molecule has 0 fully saturated rings. The van der Waals surface area contributed by atoms with Gasteiger partial charge in [-0.05, 0) is 30.3 Å². The average Bonchev–Trinajstić information content (AvgIpc) is 2.34. The van der Waals surface area contributed by atoms with Gasteiger partial charge in [0.15, 0.2) is 0 Å². The summed E-state index contributed by atoms with van der Waals surface area (Å²) in [4.78, 5) is 0.620. The van der Waals surface area contributed by atoms with Crippen LogP contribution in [0.4, 0.5) is 14.5 Å². The zero-order chi connectivity index (χ0) is 13.1. The minimum Gasteiger partial charge on any atom is -0.497 e. The Kier molecular flexibility index (Phi) is 3.72. The highest BCUT2D eigenvalue weighted by Gasteiger charge is 2.12. The van der Waals surface area contributed by atoms with E-state index in [0.717, 1.165) is 23.9 Å². The Morgan fingerprint density at radius 3 is 2.39 bits per heavy atom. The molecule has 94 valence electrons. The van der Waals surface area contributed by atoms with Gasteiger partial charge in [0, 0.05) is 10.6 Å². The van der Waals surface area contributed by atoms with E-state index in [9.17, 15) is 8.78 Å². The Morgan fingerprint density at radius 1 is 1.11 bits per heavy atom. The summed E-state index contributed by atoms with van der Waals surface area (Å²) in [6.45, 7) is 0. The number of hydrogen-bond acceptors (Lipinski definition) is 3. The molecule has 0 aliphatic heterocycles. The number of benzene rings is 2. The lowest BCUT2D eigenvalue weighted by molar-refractivity contribution is 0.413. The van der Waals surface area contributed by atoms with Gasteiger partial charge in [0.25, 0.3) is 0 Å². The molecule has 2 aromatic carbocycles. The van der Waals surface area contributed by atoms with Crippen molar-refractivity contribution < 1.29 is 13.5 Å². The van der Waals surface area contributed by atoms with E-state index in [1.165, 1.54) is 7.11 Å². The van der Waals surface area contributed by atoms with Crippen molar-refractivity contribution in [1.82, 2.24) is 0 Å². The van der Waals surface area contributed by atoms with Gasteiger partial charge in [-0.2, -0.15) is 0 Å². The Hall–Kier alpha value is -1.75. The summed E-state index contributed by atoms with van der Waals surface area (Å²) in [5.41, 5.74) is 5.43. The standard InChI is InChI=1S/C13H11F2NOS/c1-17-9-3-2-4-10(7-9)18-13-11(14)5-8(16)6-12(13)15/h2-7H,16H2,1H3. The van der Waals surface area contributed by atoms with Crippen molar-refractivity contribution in [2.45, 2.75) is 9.79 Å². The molecule has 0 aromatic heterocycles. The summed E-state index contributed by atoms with van der Waals surface area (Å²) < 4.78 is 32.3. The van der Waals surface area contributed by atoms with Gasteiger partial charge in [0.2, 0.25) is 0 Å². The molecule has 5 heteroatoms. The van der Waals surface area contributed by atoms with E-state index in [2.05, 4.69) is 0 Å². The third kappa shape index (κ3) is 2.73. The van der Waals surface area contributed by atoms with Crippen LogP contribution in [-0.4, -0.2) is 7.11 Å². The maximum atomic E-state index is 13.6. The van der Waals surface area contributed by atoms with Crippen molar-refractivity contribution in [2.24, 2.45) is 0 Å². The molecule has 2 rings (SSSR count). The predicted molar refractivity (Wildman–Crippen MR) is 67.9 cm³/mol. The predicted octanol–water partition coefficient (Wildman–Crippen LogP) is 3.71. The van der Waals surface area contributed by atoms with Crippen molar-refractivity contribution in [1.29, 1.82) is 0 Å². The number of hydrogen-bond donors (Lipinski definition) is 1. The minimum absolute atomic E-state index is 0.0694. The summed E-state index contributed by atoms with van der Waals surface area (Å²) in [7, 11) is 1.54. The summed E-state index contributed by atoms with van der Waals surface area (Å²) in [6, 6.07) is 9.19. The molecule has 2 nitrogen and oxygen atoms in total. The van der Waals surface area contributed by atoms with Gasteiger partial charge in [0.1, 0.15) is 17.4 Å². The third-order valence-corrected chi connectivity index (χ3v) is 3.37. The Balaban J connectivity index is 2.33. The van der Waals surface area contributed by atoms with Gasteiger partial charge in [-0.15, -0.1) is 0 Å². The van der Waals surface area contributed by atoms with Crippen molar-refractivity contribution in [3.8, 4) is 5.75 Å². The average molecular weight is 267 g/mol. The maximum absolute atomic E-state index is 13.6. The number of ether oxygens (including phenoxy) is 1. The summed E-state index contributed by atoms with van der Waals surface area (Å²) >= 11 is 0.994. The van der Waals surface area contributed by atoms with Crippen molar-refractivity contribution >= 4 is 17.4 Å². The first-order valence-corrected chi connectivity index (χ1v) is 5.98. The zero-order valence-electron chi connectivity index (χ0n) is 9.61. The van der Waals surface area contributed by atoms with Crippen molar-refractivity contribution in [3.63, 3.8) is 0 Å². The molecular formula is C13H11F2NOS. The second-order valence-corrected chi connectivity index (χ2v) is 4.68. The first-order chi connectivity index (χ1) is 8.60. The monoisotopic (exact) mass is 267 g/mol. The maximum Gasteiger partial charge on any atom is 0.142 e. The first kappa shape index (κ1) is 12.7. The van der Waals surface area contributed by atoms with E-state index in [4.69, 9.17) is 10.5 Å². The Labute approximate surface area is 108 Å². The van der Waals surface area contributed by atoms with Crippen LogP contribution in [0, 0.1) is 11.6 Å². The van der Waals surface area contributed by atoms with Crippen LogP contribution in [0.25, 0.3) is 0 Å². The first-order valence-electron chi connectivity index (χ1n) is 5.16. The van der Waals surface area contributed by atoms with Gasteiger partial charge in [-0.3, -0.25) is 0 Å². The fourth-order valence-corrected chi connectivity index (χ4v) is 2.33. The molecule has 0 aliphatic rings. The van der Waals surface area contributed by atoms with Crippen LogP contribution < -0.4 is 10.5 Å². The molecule has 2 aromatic rings. The van der Waals surface area contributed by atoms with Gasteiger partial charge >= 0.3 is 0 Å². The number of anilines is 1. The Morgan fingerprint density at radius 2 is 1.78 bits per heavy atom. The van der Waals surface area contributed by atoms with E-state index in [-0.39, 0.29) is 10.6 Å². The highest BCUT2D eigenvalue weighted by atomic mass is 32.2. The smallest absolute Gasteiger partial charge is 0.142 e. The van der Waals surface area contributed by atoms with E-state index in [1.807, 2.05) is 0 Å². The molecule has 0 atom stereocenters. The molecule has 0 unspecified atom stereocenters. The minimum atomic E-state index is -0.666. The molecule has 0 aliphatic carbocycles. The number of nitrogen functional groups attached to an aromatic ring is 1. The van der Waals surface area contributed by atoms with Crippen LogP contribution >= 0.6 is 11.8 Å². The molecule has 0 radical (unpaired) electrons. The lowest BCUT2D eigenvalue weighted by Crippen LogP contribution is -1.93. The number of methoxy groups -OCH3 is 1. The number of nitrogens with two attached hydrogens (primary N) is 1. The fraction of sp³-hybridized carbons (Fsp3) is 0.0769. The number of halogens is 2. The lowest BCUT2D eigenvalue weighted by atomic mass is 10.3.